The SMILES string of the molecule is CCOC(=O)C(CC)Oc1cc(N(C)C)ccc1N. The molecule has 5 heteroatoms. The molecule has 0 amide bonds. The van der Waals surface area contributed by atoms with Crippen molar-refractivity contribution in [3.05, 3.63) is 18.2 Å². The summed E-state index contributed by atoms with van der Waals surface area (Å²) >= 11 is 0. The topological polar surface area (TPSA) is 64.8 Å². The van der Waals surface area contributed by atoms with E-state index in [4.69, 9.17) is 15.2 Å². The summed E-state index contributed by atoms with van der Waals surface area (Å²) in [6.45, 7) is 3.98. The highest BCUT2D eigenvalue weighted by Gasteiger charge is 2.20. The van der Waals surface area contributed by atoms with Gasteiger partial charge in [-0.25, -0.2) is 4.79 Å². The normalized spacial score (nSPS) is 11.8. The van der Waals surface area contributed by atoms with E-state index < -0.39 is 6.10 Å². The largest absolute Gasteiger partial charge is 0.476 e. The summed E-state index contributed by atoms with van der Waals surface area (Å²) in [4.78, 5) is 13.7. The average molecular weight is 266 g/mol. The lowest BCUT2D eigenvalue weighted by Gasteiger charge is -2.19. The van der Waals surface area contributed by atoms with E-state index in [2.05, 4.69) is 0 Å². The first kappa shape index (κ1) is 15.1. The maximum absolute atomic E-state index is 11.7. The Hall–Kier alpha value is -1.91. The fourth-order valence-electron chi connectivity index (χ4n) is 1.59. The maximum atomic E-state index is 11.7. The van der Waals surface area contributed by atoms with Gasteiger partial charge in [0, 0.05) is 25.8 Å². The highest BCUT2D eigenvalue weighted by atomic mass is 16.6. The zero-order valence-corrected chi connectivity index (χ0v) is 12.0. The molecule has 1 aromatic carbocycles. The van der Waals surface area contributed by atoms with Gasteiger partial charge >= 0.3 is 5.97 Å². The fourth-order valence-corrected chi connectivity index (χ4v) is 1.59. The van der Waals surface area contributed by atoms with Gasteiger partial charge in [-0.15, -0.1) is 0 Å². The summed E-state index contributed by atoms with van der Waals surface area (Å²) in [7, 11) is 3.86. The second kappa shape index (κ2) is 6.87. The Kier molecular flexibility index (Phi) is 5.48. The smallest absolute Gasteiger partial charge is 0.347 e. The third kappa shape index (κ3) is 4.05. The van der Waals surface area contributed by atoms with Crippen molar-refractivity contribution < 1.29 is 14.3 Å². The minimum atomic E-state index is -0.625. The van der Waals surface area contributed by atoms with Gasteiger partial charge in [0.1, 0.15) is 5.75 Å². The maximum Gasteiger partial charge on any atom is 0.347 e. The minimum absolute atomic E-state index is 0.339. The number of carbonyl (C=O) groups is 1. The molecule has 0 bridgehead atoms. The van der Waals surface area contributed by atoms with E-state index in [1.165, 1.54) is 0 Å². The van der Waals surface area contributed by atoms with Crippen molar-refractivity contribution in [2.24, 2.45) is 0 Å². The predicted molar refractivity (Wildman–Crippen MR) is 76.5 cm³/mol. The number of anilines is 2. The molecule has 1 unspecified atom stereocenters. The number of rotatable bonds is 6. The van der Waals surface area contributed by atoms with Gasteiger partial charge in [-0.3, -0.25) is 0 Å². The highest BCUT2D eigenvalue weighted by Crippen LogP contribution is 2.28. The lowest BCUT2D eigenvalue weighted by Crippen LogP contribution is -2.29. The monoisotopic (exact) mass is 266 g/mol. The molecule has 0 saturated heterocycles. The quantitative estimate of drug-likeness (QED) is 0.630. The number of nitrogens with two attached hydrogens (primary N) is 1. The van der Waals surface area contributed by atoms with Gasteiger partial charge in [-0.1, -0.05) is 6.92 Å². The second-order valence-electron chi connectivity index (χ2n) is 4.38. The number of nitrogens with zero attached hydrogens (tertiary/aromatic N) is 1. The number of esters is 1. The first-order chi connectivity index (χ1) is 8.99. The van der Waals surface area contributed by atoms with E-state index in [0.29, 0.717) is 24.5 Å². The van der Waals surface area contributed by atoms with Gasteiger partial charge in [0.2, 0.25) is 0 Å². The summed E-state index contributed by atoms with van der Waals surface area (Å²) in [5, 5.41) is 0. The molecule has 106 valence electrons. The van der Waals surface area contributed by atoms with E-state index in [0.717, 1.165) is 5.69 Å². The van der Waals surface area contributed by atoms with Crippen molar-refractivity contribution in [1.29, 1.82) is 0 Å². The Morgan fingerprint density at radius 1 is 1.37 bits per heavy atom. The second-order valence-corrected chi connectivity index (χ2v) is 4.38. The van der Waals surface area contributed by atoms with E-state index in [1.807, 2.05) is 38.1 Å². The van der Waals surface area contributed by atoms with Crippen LogP contribution in [0.1, 0.15) is 20.3 Å². The summed E-state index contributed by atoms with van der Waals surface area (Å²) < 4.78 is 10.6. The summed E-state index contributed by atoms with van der Waals surface area (Å²) in [5.74, 6) is 0.144. The van der Waals surface area contributed by atoms with Crippen LogP contribution in [0.4, 0.5) is 11.4 Å². The van der Waals surface area contributed by atoms with Crippen LogP contribution in [0.5, 0.6) is 5.75 Å². The molecular formula is C14H22N2O3. The zero-order chi connectivity index (χ0) is 14.4. The van der Waals surface area contributed by atoms with Crippen LogP contribution in [0.15, 0.2) is 18.2 Å². The molecule has 1 atom stereocenters. The average Bonchev–Trinajstić information content (AvgIpc) is 2.37. The highest BCUT2D eigenvalue weighted by molar-refractivity contribution is 5.75. The molecular weight excluding hydrogens is 244 g/mol. The van der Waals surface area contributed by atoms with Crippen LogP contribution < -0.4 is 15.4 Å². The van der Waals surface area contributed by atoms with Gasteiger partial charge in [-0.05, 0) is 25.5 Å². The molecule has 0 spiro atoms. The van der Waals surface area contributed by atoms with Gasteiger partial charge < -0.3 is 20.1 Å². The lowest BCUT2D eigenvalue weighted by atomic mass is 10.2. The predicted octanol–water partition coefficient (Wildman–Crippen LogP) is 2.06. The van der Waals surface area contributed by atoms with Crippen LogP contribution in [-0.4, -0.2) is 32.8 Å². The van der Waals surface area contributed by atoms with E-state index in [1.54, 1.807) is 13.0 Å². The third-order valence-electron chi connectivity index (χ3n) is 2.70. The Morgan fingerprint density at radius 2 is 2.05 bits per heavy atom. The Bertz CT molecular complexity index is 433. The number of hydrogen-bond donors (Lipinski definition) is 1. The van der Waals surface area contributed by atoms with Gasteiger partial charge in [-0.2, -0.15) is 0 Å². The van der Waals surface area contributed by atoms with Crippen molar-refractivity contribution >= 4 is 17.3 Å². The van der Waals surface area contributed by atoms with Gasteiger partial charge in [0.25, 0.3) is 0 Å². The molecule has 2 N–H and O–H groups in total. The number of hydrogen-bond acceptors (Lipinski definition) is 5. The van der Waals surface area contributed by atoms with Gasteiger partial charge in [0.15, 0.2) is 6.10 Å². The zero-order valence-electron chi connectivity index (χ0n) is 12.0. The number of ether oxygens (including phenoxy) is 2. The molecule has 1 aromatic rings. The Morgan fingerprint density at radius 3 is 2.58 bits per heavy atom. The van der Waals surface area contributed by atoms with Crippen LogP contribution in [0.2, 0.25) is 0 Å². The number of benzene rings is 1. The molecule has 0 aromatic heterocycles. The Balaban J connectivity index is 2.90. The number of nitrogen functional groups attached to an aromatic ring is 1. The van der Waals surface area contributed by atoms with Crippen LogP contribution in [0.3, 0.4) is 0 Å². The minimum Gasteiger partial charge on any atom is -0.476 e. The fraction of sp³-hybridized carbons (Fsp3) is 0.500. The standard InChI is InChI=1S/C14H22N2O3/c1-5-12(14(17)18-6-2)19-13-9-10(16(3)4)7-8-11(13)15/h7-9,12H,5-6,15H2,1-4H3. The van der Waals surface area contributed by atoms with Crippen molar-refractivity contribution in [3.63, 3.8) is 0 Å². The molecule has 0 fully saturated rings. The molecule has 19 heavy (non-hydrogen) atoms. The molecule has 0 aliphatic heterocycles. The summed E-state index contributed by atoms with van der Waals surface area (Å²) in [5.41, 5.74) is 7.34. The van der Waals surface area contributed by atoms with Crippen molar-refractivity contribution in [2.45, 2.75) is 26.4 Å². The molecule has 5 nitrogen and oxygen atoms in total. The summed E-state index contributed by atoms with van der Waals surface area (Å²) in [6, 6.07) is 5.48. The van der Waals surface area contributed by atoms with Crippen molar-refractivity contribution in [2.75, 3.05) is 31.3 Å². The van der Waals surface area contributed by atoms with E-state index in [9.17, 15) is 4.79 Å². The van der Waals surface area contributed by atoms with Gasteiger partial charge in [0.05, 0.1) is 12.3 Å². The molecule has 0 saturated carbocycles. The van der Waals surface area contributed by atoms with Crippen molar-refractivity contribution in [3.8, 4) is 5.75 Å². The van der Waals surface area contributed by atoms with Crippen LogP contribution in [0, 0.1) is 0 Å². The summed E-state index contributed by atoms with van der Waals surface area (Å²) in [6.07, 6.45) is -0.0931. The third-order valence-corrected chi connectivity index (χ3v) is 2.70. The molecule has 0 heterocycles. The molecule has 0 aliphatic carbocycles. The molecule has 0 radical (unpaired) electrons. The van der Waals surface area contributed by atoms with Crippen molar-refractivity contribution in [1.82, 2.24) is 0 Å². The van der Waals surface area contributed by atoms with Crippen LogP contribution >= 0.6 is 0 Å². The lowest BCUT2D eigenvalue weighted by molar-refractivity contribution is -0.151. The van der Waals surface area contributed by atoms with Crippen LogP contribution in [0.25, 0.3) is 0 Å². The Labute approximate surface area is 114 Å². The first-order valence-corrected chi connectivity index (χ1v) is 6.39. The first-order valence-electron chi connectivity index (χ1n) is 6.39. The molecule has 0 aliphatic rings. The number of carbonyl (C=O) groups excluding carboxylic acids is 1. The van der Waals surface area contributed by atoms with E-state index in [-0.39, 0.29) is 5.97 Å². The molecule has 1 rings (SSSR count). The van der Waals surface area contributed by atoms with E-state index >= 15 is 0 Å². The van der Waals surface area contributed by atoms with Crippen LogP contribution in [-0.2, 0) is 9.53 Å².